The van der Waals surface area contributed by atoms with E-state index in [1.165, 1.54) is 0 Å². The van der Waals surface area contributed by atoms with Crippen molar-refractivity contribution in [3.05, 3.63) is 59.2 Å². The number of halogens is 1. The lowest BCUT2D eigenvalue weighted by atomic mass is 9.86. The molecule has 0 spiro atoms. The zero-order valence-electron chi connectivity index (χ0n) is 18.2. The van der Waals surface area contributed by atoms with Crippen LogP contribution in [0.15, 0.2) is 42.5 Å². The maximum atomic E-state index is 15.5. The molecule has 8 heteroatoms. The summed E-state index contributed by atoms with van der Waals surface area (Å²) in [5.41, 5.74) is 7.33. The van der Waals surface area contributed by atoms with E-state index in [1.54, 1.807) is 47.4 Å². The molecule has 0 unspecified atom stereocenters. The fourth-order valence-corrected chi connectivity index (χ4v) is 4.20. The minimum atomic E-state index is -1.47. The van der Waals surface area contributed by atoms with Crippen LogP contribution in [0.2, 0.25) is 0 Å². The number of benzene rings is 2. The van der Waals surface area contributed by atoms with Crippen molar-refractivity contribution in [2.24, 2.45) is 0 Å². The van der Waals surface area contributed by atoms with Crippen LogP contribution in [-0.2, 0) is 10.4 Å². The largest absolute Gasteiger partial charge is 0.399 e. The molecule has 0 bridgehead atoms. The highest BCUT2D eigenvalue weighted by molar-refractivity contribution is 5.97. The lowest BCUT2D eigenvalue weighted by molar-refractivity contribution is 0.0421. The monoisotopic (exact) mass is 440 g/mol. The molecule has 4 N–H and O–H groups in total. The SMILES string of the molecule is Cc1ccc(C(=O)N2CCC(F)(c3ccc(N)cc3)CC2)cc1NC(=O)N[C@@H]1CCOC1. The maximum absolute atomic E-state index is 15.5. The summed E-state index contributed by atoms with van der Waals surface area (Å²) in [7, 11) is 0. The Balaban J connectivity index is 1.39. The molecule has 2 fully saturated rings. The number of rotatable bonds is 4. The Morgan fingerprint density at radius 1 is 1.16 bits per heavy atom. The quantitative estimate of drug-likeness (QED) is 0.633. The summed E-state index contributed by atoms with van der Waals surface area (Å²) < 4.78 is 20.7. The van der Waals surface area contributed by atoms with Crippen molar-refractivity contribution in [2.45, 2.75) is 37.9 Å². The second kappa shape index (κ2) is 9.16. The number of carbonyl (C=O) groups is 2. The van der Waals surface area contributed by atoms with Gasteiger partial charge in [0.1, 0.15) is 5.67 Å². The van der Waals surface area contributed by atoms with E-state index in [1.807, 2.05) is 6.92 Å². The van der Waals surface area contributed by atoms with Gasteiger partial charge in [0.2, 0.25) is 0 Å². The molecule has 0 aromatic heterocycles. The highest BCUT2D eigenvalue weighted by Crippen LogP contribution is 2.37. The van der Waals surface area contributed by atoms with Gasteiger partial charge in [0, 0.05) is 49.5 Å². The molecule has 0 radical (unpaired) electrons. The summed E-state index contributed by atoms with van der Waals surface area (Å²) in [6.07, 6.45) is 1.24. The molecule has 0 saturated carbocycles. The van der Waals surface area contributed by atoms with E-state index in [-0.39, 0.29) is 30.8 Å². The first-order valence-electron chi connectivity index (χ1n) is 10.9. The third kappa shape index (κ3) is 4.85. The normalized spacial score (nSPS) is 20.1. The summed E-state index contributed by atoms with van der Waals surface area (Å²) in [5, 5.41) is 5.70. The molecule has 2 aliphatic rings. The number of nitrogen functional groups attached to an aromatic ring is 1. The van der Waals surface area contributed by atoms with Crippen LogP contribution in [0.4, 0.5) is 20.6 Å². The van der Waals surface area contributed by atoms with Crippen LogP contribution < -0.4 is 16.4 Å². The molecule has 3 amide bonds. The number of piperidine rings is 1. The average molecular weight is 441 g/mol. The van der Waals surface area contributed by atoms with Crippen molar-refractivity contribution >= 4 is 23.3 Å². The Kier molecular flexibility index (Phi) is 6.32. The molecule has 2 aliphatic heterocycles. The third-order valence-corrected chi connectivity index (χ3v) is 6.27. The van der Waals surface area contributed by atoms with Gasteiger partial charge in [-0.3, -0.25) is 4.79 Å². The van der Waals surface area contributed by atoms with Crippen molar-refractivity contribution in [3.8, 4) is 0 Å². The fraction of sp³-hybridized carbons (Fsp3) is 0.417. The van der Waals surface area contributed by atoms with E-state index in [9.17, 15) is 9.59 Å². The molecule has 2 aromatic carbocycles. The number of alkyl halides is 1. The summed E-state index contributed by atoms with van der Waals surface area (Å²) in [4.78, 5) is 27.0. The first-order valence-corrected chi connectivity index (χ1v) is 10.9. The number of amides is 3. The van der Waals surface area contributed by atoms with Crippen LogP contribution in [0.5, 0.6) is 0 Å². The van der Waals surface area contributed by atoms with Gasteiger partial charge in [-0.1, -0.05) is 18.2 Å². The number of nitrogens with one attached hydrogen (secondary N) is 2. The summed E-state index contributed by atoms with van der Waals surface area (Å²) in [6.45, 7) is 3.65. The van der Waals surface area contributed by atoms with E-state index in [2.05, 4.69) is 10.6 Å². The fourth-order valence-electron chi connectivity index (χ4n) is 4.20. The van der Waals surface area contributed by atoms with Crippen LogP contribution in [0.25, 0.3) is 0 Å². The molecule has 7 nitrogen and oxygen atoms in total. The zero-order valence-corrected chi connectivity index (χ0v) is 18.2. The summed E-state index contributed by atoms with van der Waals surface area (Å²) in [6, 6.07) is 11.7. The number of likely N-dealkylation sites (tertiary alicyclic amines) is 1. The van der Waals surface area contributed by atoms with Crippen molar-refractivity contribution in [2.75, 3.05) is 37.4 Å². The lowest BCUT2D eigenvalue weighted by Crippen LogP contribution is -2.43. The lowest BCUT2D eigenvalue weighted by Gasteiger charge is -2.37. The number of urea groups is 1. The van der Waals surface area contributed by atoms with Gasteiger partial charge in [0.05, 0.1) is 12.6 Å². The van der Waals surface area contributed by atoms with Gasteiger partial charge in [-0.15, -0.1) is 0 Å². The number of aryl methyl sites for hydroxylation is 1. The molecular weight excluding hydrogens is 411 g/mol. The molecule has 1 atom stereocenters. The minimum absolute atomic E-state index is 0.00417. The second-order valence-electron chi connectivity index (χ2n) is 8.57. The average Bonchev–Trinajstić information content (AvgIpc) is 3.28. The van der Waals surface area contributed by atoms with Gasteiger partial charge in [0.15, 0.2) is 0 Å². The van der Waals surface area contributed by atoms with E-state index < -0.39 is 5.67 Å². The van der Waals surface area contributed by atoms with Gasteiger partial charge >= 0.3 is 6.03 Å². The Morgan fingerprint density at radius 2 is 1.88 bits per heavy atom. The number of anilines is 2. The van der Waals surface area contributed by atoms with Gasteiger partial charge in [0.25, 0.3) is 5.91 Å². The molecule has 2 saturated heterocycles. The van der Waals surface area contributed by atoms with Crippen LogP contribution in [-0.4, -0.2) is 49.2 Å². The Hall–Kier alpha value is -3.13. The topological polar surface area (TPSA) is 96.7 Å². The smallest absolute Gasteiger partial charge is 0.319 e. The van der Waals surface area contributed by atoms with Gasteiger partial charge in [-0.2, -0.15) is 0 Å². The predicted octanol–water partition coefficient (Wildman–Crippen LogP) is 3.59. The van der Waals surface area contributed by atoms with E-state index in [0.717, 1.165) is 12.0 Å². The number of nitrogens with two attached hydrogens (primary N) is 1. The van der Waals surface area contributed by atoms with Crippen LogP contribution in [0.3, 0.4) is 0 Å². The van der Waals surface area contributed by atoms with E-state index in [0.29, 0.717) is 48.8 Å². The maximum Gasteiger partial charge on any atom is 0.319 e. The third-order valence-electron chi connectivity index (χ3n) is 6.27. The van der Waals surface area contributed by atoms with Crippen molar-refractivity contribution in [1.82, 2.24) is 10.2 Å². The van der Waals surface area contributed by atoms with Gasteiger partial charge in [-0.25, -0.2) is 9.18 Å². The second-order valence-corrected chi connectivity index (χ2v) is 8.57. The summed E-state index contributed by atoms with van der Waals surface area (Å²) >= 11 is 0. The molecule has 170 valence electrons. The Morgan fingerprint density at radius 3 is 2.53 bits per heavy atom. The number of ether oxygens (including phenoxy) is 1. The zero-order chi connectivity index (χ0) is 22.7. The van der Waals surface area contributed by atoms with Crippen molar-refractivity contribution in [1.29, 1.82) is 0 Å². The minimum Gasteiger partial charge on any atom is -0.399 e. The first-order chi connectivity index (χ1) is 15.3. The standard InChI is InChI=1S/C24H29FN4O3/c1-16-2-3-17(14-21(16)28-23(31)27-20-8-13-32-15-20)22(30)29-11-9-24(25,10-12-29)18-4-6-19(26)7-5-18/h2-7,14,20H,8-13,15,26H2,1H3,(H2,27,28,31)/t20-/m1/s1. The molecular formula is C24H29FN4O3. The predicted molar refractivity (Wildman–Crippen MR) is 121 cm³/mol. The van der Waals surface area contributed by atoms with E-state index in [4.69, 9.17) is 10.5 Å². The van der Waals surface area contributed by atoms with Gasteiger partial charge < -0.3 is 26.0 Å². The number of hydrogen-bond acceptors (Lipinski definition) is 4. The highest BCUT2D eigenvalue weighted by Gasteiger charge is 2.37. The number of hydrogen-bond donors (Lipinski definition) is 3. The van der Waals surface area contributed by atoms with Crippen LogP contribution in [0.1, 0.15) is 40.7 Å². The Bertz CT molecular complexity index is 981. The number of carbonyl (C=O) groups excluding carboxylic acids is 2. The molecule has 32 heavy (non-hydrogen) atoms. The van der Waals surface area contributed by atoms with Crippen LogP contribution >= 0.6 is 0 Å². The first kappa shape index (κ1) is 22.1. The van der Waals surface area contributed by atoms with Crippen LogP contribution in [0, 0.1) is 6.92 Å². The highest BCUT2D eigenvalue weighted by atomic mass is 19.1. The Labute approximate surface area is 187 Å². The molecule has 0 aliphatic carbocycles. The molecule has 2 heterocycles. The van der Waals surface area contributed by atoms with Crippen molar-refractivity contribution < 1.29 is 18.7 Å². The number of nitrogens with zero attached hydrogens (tertiary/aromatic N) is 1. The van der Waals surface area contributed by atoms with Crippen molar-refractivity contribution in [3.63, 3.8) is 0 Å². The van der Waals surface area contributed by atoms with Gasteiger partial charge in [-0.05, 0) is 48.7 Å². The summed E-state index contributed by atoms with van der Waals surface area (Å²) in [5.74, 6) is -0.169. The molecule has 2 aromatic rings. The van der Waals surface area contributed by atoms with E-state index >= 15 is 4.39 Å². The molecule has 4 rings (SSSR count).